The molecule has 32 valence electrons. The van der Waals surface area contributed by atoms with Crippen molar-refractivity contribution in [3.05, 3.63) is 0 Å². The van der Waals surface area contributed by atoms with Gasteiger partial charge in [0.15, 0.2) is 0 Å². The van der Waals surface area contributed by atoms with Crippen LogP contribution in [-0.2, 0) is 0 Å². The summed E-state index contributed by atoms with van der Waals surface area (Å²) in [6.45, 7) is 0. The molecule has 0 fully saturated rings. The zero-order valence-corrected chi connectivity index (χ0v) is 5.94. The second kappa shape index (κ2) is 23.3. The fraction of sp³-hybridized carbons (Fsp3) is 0. The van der Waals surface area contributed by atoms with Crippen molar-refractivity contribution < 1.29 is 61.2 Å². The van der Waals surface area contributed by atoms with E-state index in [0.717, 1.165) is 0 Å². The largest absolute Gasteiger partial charge is 1.00 e. The molecular formula is Cl3I-4. The van der Waals surface area contributed by atoms with Crippen LogP contribution >= 0.6 is 0 Å². The average molecular weight is 233 g/mol. The maximum Gasteiger partial charge on any atom is -1.00 e. The Morgan fingerprint density at radius 3 is 0.500 bits per heavy atom. The average Bonchev–Trinajstić information content (AvgIpc) is 0. The lowest BCUT2D eigenvalue weighted by Crippen LogP contribution is -3.00. The molecule has 0 aromatic carbocycles. The highest BCUT2D eigenvalue weighted by molar-refractivity contribution is 0.00300. The summed E-state index contributed by atoms with van der Waals surface area (Å²) in [5.41, 5.74) is 0. The predicted octanol–water partition coefficient (Wildman–Crippen LogP) is -12.0. The highest BCUT2D eigenvalue weighted by atomic mass is 127. The third kappa shape index (κ3) is 9.51. The fourth-order valence-corrected chi connectivity index (χ4v) is 0. The first kappa shape index (κ1) is 46.3. The van der Waals surface area contributed by atoms with Gasteiger partial charge in [-0.1, -0.05) is 0 Å². The second-order valence-corrected chi connectivity index (χ2v) is 0. The van der Waals surface area contributed by atoms with Crippen LogP contribution in [0.15, 0.2) is 0 Å². The van der Waals surface area contributed by atoms with Gasteiger partial charge >= 0.3 is 0 Å². The maximum absolute atomic E-state index is 0. The molecule has 0 rings (SSSR count). The Morgan fingerprint density at radius 1 is 0.500 bits per heavy atom. The Balaban J connectivity index is 0. The summed E-state index contributed by atoms with van der Waals surface area (Å²) in [5.74, 6) is 0. The molecule has 0 spiro atoms. The van der Waals surface area contributed by atoms with Crippen LogP contribution < -0.4 is 61.2 Å². The lowest BCUT2D eigenvalue weighted by atomic mass is 35.5. The van der Waals surface area contributed by atoms with Crippen molar-refractivity contribution in [2.45, 2.75) is 0 Å². The van der Waals surface area contributed by atoms with Gasteiger partial charge in [-0.2, -0.15) is 0 Å². The van der Waals surface area contributed by atoms with Gasteiger partial charge in [-0.15, -0.1) is 0 Å². The van der Waals surface area contributed by atoms with Gasteiger partial charge < -0.3 is 61.2 Å². The Labute approximate surface area is 61.0 Å². The normalized spacial score (nSPS) is 0. The number of halogens is 4. The van der Waals surface area contributed by atoms with Gasteiger partial charge in [0.05, 0.1) is 0 Å². The molecule has 0 aliphatic carbocycles. The van der Waals surface area contributed by atoms with E-state index in [1.54, 1.807) is 0 Å². The molecule has 0 nitrogen and oxygen atoms in total. The number of hydrogen-bond donors (Lipinski definition) is 0. The summed E-state index contributed by atoms with van der Waals surface area (Å²) >= 11 is 0. The van der Waals surface area contributed by atoms with E-state index in [-0.39, 0.29) is 61.2 Å². The van der Waals surface area contributed by atoms with Gasteiger partial charge in [0.1, 0.15) is 0 Å². The van der Waals surface area contributed by atoms with Crippen molar-refractivity contribution in [2.75, 3.05) is 0 Å². The topological polar surface area (TPSA) is 0 Å². The van der Waals surface area contributed by atoms with Gasteiger partial charge in [0, 0.05) is 0 Å². The monoisotopic (exact) mass is 232 g/mol. The second-order valence-electron chi connectivity index (χ2n) is 0. The molecule has 4 heteroatoms. The molecule has 0 unspecified atom stereocenters. The molecular weight excluding hydrogens is 233 g/mol. The Kier molecular flexibility index (Phi) is 269. The van der Waals surface area contributed by atoms with Crippen LogP contribution in [0.5, 0.6) is 0 Å². The quantitative estimate of drug-likeness (QED) is 0.365. The van der Waals surface area contributed by atoms with E-state index in [9.17, 15) is 0 Å². The molecule has 0 atom stereocenters. The van der Waals surface area contributed by atoms with Crippen LogP contribution in [0.2, 0.25) is 0 Å². The van der Waals surface area contributed by atoms with Crippen molar-refractivity contribution in [3.8, 4) is 0 Å². The SMILES string of the molecule is [Cl-].[Cl-].[Cl-].[I-]. The Morgan fingerprint density at radius 2 is 0.500 bits per heavy atom. The molecule has 0 heterocycles. The van der Waals surface area contributed by atoms with Crippen LogP contribution in [0.25, 0.3) is 0 Å². The molecule has 0 aliphatic heterocycles. The van der Waals surface area contributed by atoms with Crippen LogP contribution in [0.1, 0.15) is 0 Å². The first-order chi connectivity index (χ1) is 0. The van der Waals surface area contributed by atoms with Gasteiger partial charge in [0.2, 0.25) is 0 Å². The third-order valence-corrected chi connectivity index (χ3v) is 0. The zero-order chi connectivity index (χ0) is 0. The van der Waals surface area contributed by atoms with E-state index < -0.39 is 0 Å². The van der Waals surface area contributed by atoms with Gasteiger partial charge in [-0.3, -0.25) is 0 Å². The molecule has 0 aromatic rings. The Bertz CT molecular complexity index is 3.25. The van der Waals surface area contributed by atoms with Crippen LogP contribution in [0.3, 0.4) is 0 Å². The van der Waals surface area contributed by atoms with E-state index in [0.29, 0.717) is 0 Å². The summed E-state index contributed by atoms with van der Waals surface area (Å²) in [7, 11) is 0. The smallest absolute Gasteiger partial charge is 1.00 e. The van der Waals surface area contributed by atoms with Gasteiger partial charge in [-0.05, 0) is 0 Å². The molecule has 0 aliphatic rings. The van der Waals surface area contributed by atoms with Crippen molar-refractivity contribution in [1.29, 1.82) is 0 Å². The minimum absolute atomic E-state index is 0. The summed E-state index contributed by atoms with van der Waals surface area (Å²) in [4.78, 5) is 0. The number of hydrogen-bond acceptors (Lipinski definition) is 0. The predicted molar refractivity (Wildman–Crippen MR) is 0 cm³/mol. The van der Waals surface area contributed by atoms with E-state index in [1.807, 2.05) is 0 Å². The molecule has 0 amide bonds. The highest BCUT2D eigenvalue weighted by Gasteiger charge is -0.997. The fourth-order valence-electron chi connectivity index (χ4n) is 0. The third-order valence-electron chi connectivity index (χ3n) is 0. The Hall–Kier alpha value is 1.60. The summed E-state index contributed by atoms with van der Waals surface area (Å²) in [5, 5.41) is 0. The summed E-state index contributed by atoms with van der Waals surface area (Å²) in [6.07, 6.45) is 0. The molecule has 0 aromatic heterocycles. The van der Waals surface area contributed by atoms with Crippen molar-refractivity contribution in [3.63, 3.8) is 0 Å². The lowest BCUT2D eigenvalue weighted by molar-refractivity contribution is -0.00100. The first-order valence-electron chi connectivity index (χ1n) is 0. The van der Waals surface area contributed by atoms with Crippen LogP contribution in [-0.4, -0.2) is 0 Å². The van der Waals surface area contributed by atoms with Crippen LogP contribution in [0.4, 0.5) is 0 Å². The van der Waals surface area contributed by atoms with Crippen molar-refractivity contribution in [1.82, 2.24) is 0 Å². The standard InChI is InChI=1S/3ClH.HI/h4*1H/p-4. The van der Waals surface area contributed by atoms with E-state index in [1.165, 1.54) is 0 Å². The number of rotatable bonds is 0. The molecule has 0 N–H and O–H groups in total. The molecule has 4 heavy (non-hydrogen) atoms. The summed E-state index contributed by atoms with van der Waals surface area (Å²) in [6, 6.07) is 0. The lowest BCUT2D eigenvalue weighted by Gasteiger charge is -1.00. The molecule has 0 radical (unpaired) electrons. The zero-order valence-electron chi connectivity index (χ0n) is 1.51. The van der Waals surface area contributed by atoms with E-state index in [4.69, 9.17) is 0 Å². The minimum Gasteiger partial charge on any atom is -1.00 e. The highest BCUT2D eigenvalue weighted by Crippen LogP contribution is -2.99. The van der Waals surface area contributed by atoms with Gasteiger partial charge in [0.25, 0.3) is 0 Å². The van der Waals surface area contributed by atoms with E-state index >= 15 is 0 Å². The van der Waals surface area contributed by atoms with Crippen molar-refractivity contribution >= 4 is 0 Å². The molecule has 0 saturated carbocycles. The van der Waals surface area contributed by atoms with E-state index in [2.05, 4.69) is 0 Å². The van der Waals surface area contributed by atoms with Crippen LogP contribution in [0, 0.1) is 0 Å². The maximum atomic E-state index is 0. The van der Waals surface area contributed by atoms with Gasteiger partial charge in [-0.25, -0.2) is 0 Å². The minimum atomic E-state index is 0. The molecule has 0 saturated heterocycles. The van der Waals surface area contributed by atoms with Crippen molar-refractivity contribution in [2.24, 2.45) is 0 Å². The summed E-state index contributed by atoms with van der Waals surface area (Å²) < 4.78 is 0. The first-order valence-corrected chi connectivity index (χ1v) is 0. The molecule has 0 bridgehead atoms.